The zero-order valence-corrected chi connectivity index (χ0v) is 22.8. The van der Waals surface area contributed by atoms with Gasteiger partial charge in [0.15, 0.2) is 6.29 Å². The number of halogens is 1. The molecule has 0 N–H and O–H groups in total. The molecule has 0 bridgehead atoms. The number of hydrogen-bond acceptors (Lipinski definition) is 3. The lowest BCUT2D eigenvalue weighted by atomic mass is 10.0. The molecule has 0 saturated carbocycles. The van der Waals surface area contributed by atoms with Gasteiger partial charge in [-0.25, -0.2) is 0 Å². The first-order valence-corrected chi connectivity index (χ1v) is 13.8. The van der Waals surface area contributed by atoms with Crippen molar-refractivity contribution in [3.05, 3.63) is 29.3 Å². The molecule has 0 unspecified atom stereocenters. The number of morpholine rings is 1. The third kappa shape index (κ3) is 12.0. The molecular weight excluding hydrogens is 446 g/mol. The number of methoxy groups -OCH3 is 1. The average molecular weight is 496 g/mol. The number of unbranched alkanes of at least 4 members (excludes halogenated alkanes) is 13. The third-order valence-electron chi connectivity index (χ3n) is 7.35. The van der Waals surface area contributed by atoms with E-state index >= 15 is 0 Å². The predicted octanol–water partition coefficient (Wildman–Crippen LogP) is 4.34. The molecule has 0 radical (unpaired) electrons. The highest BCUT2D eigenvalue weighted by Gasteiger charge is 2.30. The van der Waals surface area contributed by atoms with Crippen molar-refractivity contribution in [3.63, 3.8) is 0 Å². The quantitative estimate of drug-likeness (QED) is 0.163. The van der Waals surface area contributed by atoms with Crippen molar-refractivity contribution in [3.8, 4) is 5.75 Å². The van der Waals surface area contributed by atoms with Gasteiger partial charge >= 0.3 is 0 Å². The molecule has 0 atom stereocenters. The molecule has 0 aliphatic carbocycles. The number of hydrogen-bond donors (Lipinski definition) is 0. The molecule has 34 heavy (non-hydrogen) atoms. The smallest absolute Gasteiger partial charge is 0.153 e. The molecule has 1 aromatic rings. The van der Waals surface area contributed by atoms with E-state index in [0.29, 0.717) is 11.3 Å². The van der Waals surface area contributed by atoms with Gasteiger partial charge in [-0.15, -0.1) is 0 Å². The standard InChI is InChI=1S/C29H50NO3.ClH/c1-3-4-5-6-7-8-9-10-11-12-13-14-15-16-19-30(20-22-33-23-21-30)25-27-17-18-29(32-2)28(24-27)26-31;/h17-18,24,26H,3-16,19-23,25H2,1-2H3;1H/q+1;/p-1. The number of ether oxygens (including phenoxy) is 2. The Balaban J connectivity index is 0.00000578. The van der Waals surface area contributed by atoms with Crippen LogP contribution in [0.3, 0.4) is 0 Å². The van der Waals surface area contributed by atoms with Crippen molar-refractivity contribution in [2.24, 2.45) is 0 Å². The fourth-order valence-corrected chi connectivity index (χ4v) is 5.19. The van der Waals surface area contributed by atoms with E-state index in [1.165, 1.54) is 102 Å². The minimum Gasteiger partial charge on any atom is -1.00 e. The second-order valence-electron chi connectivity index (χ2n) is 10.1. The SMILES string of the molecule is CCCCCCCCCCCCCCCC[N+]1(Cc2ccc(OC)c(C=O)c2)CCOCC1.[Cl-]. The summed E-state index contributed by atoms with van der Waals surface area (Å²) in [7, 11) is 1.62. The number of aldehydes is 1. The van der Waals surface area contributed by atoms with Crippen LogP contribution in [0.25, 0.3) is 0 Å². The Kier molecular flexibility index (Phi) is 17.4. The maximum atomic E-state index is 11.4. The second kappa shape index (κ2) is 19.1. The fraction of sp³-hybridized carbons (Fsp3) is 0.759. The van der Waals surface area contributed by atoms with Crippen molar-refractivity contribution in [2.75, 3.05) is 40.0 Å². The van der Waals surface area contributed by atoms with Gasteiger partial charge in [-0.05, 0) is 31.0 Å². The summed E-state index contributed by atoms with van der Waals surface area (Å²) < 4.78 is 12.1. The zero-order chi connectivity index (χ0) is 23.6. The Morgan fingerprint density at radius 2 is 1.38 bits per heavy atom. The summed E-state index contributed by atoms with van der Waals surface area (Å²) in [4.78, 5) is 11.4. The van der Waals surface area contributed by atoms with Crippen LogP contribution in [0, 0.1) is 0 Å². The summed E-state index contributed by atoms with van der Waals surface area (Å²) in [6.07, 6.45) is 20.5. The van der Waals surface area contributed by atoms with Crippen LogP contribution in [0.5, 0.6) is 5.75 Å². The van der Waals surface area contributed by atoms with Crippen LogP contribution in [0.1, 0.15) is 113 Å². The Morgan fingerprint density at radius 1 is 0.853 bits per heavy atom. The van der Waals surface area contributed by atoms with Gasteiger partial charge in [-0.1, -0.05) is 84.0 Å². The minimum absolute atomic E-state index is 0. The van der Waals surface area contributed by atoms with E-state index in [-0.39, 0.29) is 12.4 Å². The number of carbonyl (C=O) groups is 1. The van der Waals surface area contributed by atoms with Crippen LogP contribution in [0.15, 0.2) is 18.2 Å². The van der Waals surface area contributed by atoms with Gasteiger partial charge in [0.2, 0.25) is 0 Å². The summed E-state index contributed by atoms with van der Waals surface area (Å²) in [5, 5.41) is 0. The number of carbonyl (C=O) groups excluding carboxylic acids is 1. The van der Waals surface area contributed by atoms with Gasteiger partial charge in [0, 0.05) is 5.56 Å². The first-order chi connectivity index (χ1) is 16.2. The van der Waals surface area contributed by atoms with Gasteiger partial charge in [0.05, 0.1) is 32.4 Å². The minimum atomic E-state index is 0. The van der Waals surface area contributed by atoms with E-state index < -0.39 is 0 Å². The van der Waals surface area contributed by atoms with Crippen LogP contribution in [-0.2, 0) is 11.3 Å². The maximum Gasteiger partial charge on any atom is 0.153 e. The van der Waals surface area contributed by atoms with E-state index in [1.54, 1.807) is 7.11 Å². The number of nitrogens with zero attached hydrogens (tertiary/aromatic N) is 1. The zero-order valence-electron chi connectivity index (χ0n) is 22.0. The van der Waals surface area contributed by atoms with E-state index in [0.717, 1.165) is 43.6 Å². The van der Waals surface area contributed by atoms with Gasteiger partial charge in [0.25, 0.3) is 0 Å². The molecule has 196 valence electrons. The summed E-state index contributed by atoms with van der Waals surface area (Å²) >= 11 is 0. The Hall–Kier alpha value is -1.10. The molecule has 1 saturated heterocycles. The van der Waals surface area contributed by atoms with Gasteiger partial charge < -0.3 is 26.4 Å². The van der Waals surface area contributed by atoms with Crippen molar-refractivity contribution in [2.45, 2.75) is 103 Å². The van der Waals surface area contributed by atoms with Crippen LogP contribution in [0.2, 0.25) is 0 Å². The van der Waals surface area contributed by atoms with Crippen molar-refractivity contribution >= 4 is 6.29 Å². The van der Waals surface area contributed by atoms with Crippen LogP contribution >= 0.6 is 0 Å². The number of rotatable bonds is 19. The average Bonchev–Trinajstić information content (AvgIpc) is 2.84. The first-order valence-electron chi connectivity index (χ1n) is 13.8. The Morgan fingerprint density at radius 3 is 1.88 bits per heavy atom. The molecular formula is C29H50ClNO3. The van der Waals surface area contributed by atoms with Crippen molar-refractivity contribution in [1.82, 2.24) is 0 Å². The van der Waals surface area contributed by atoms with E-state index in [2.05, 4.69) is 13.0 Å². The summed E-state index contributed by atoms with van der Waals surface area (Å²) in [5.74, 6) is 0.661. The summed E-state index contributed by atoms with van der Waals surface area (Å²) in [5.41, 5.74) is 1.88. The molecule has 0 aromatic heterocycles. The fourth-order valence-electron chi connectivity index (χ4n) is 5.19. The van der Waals surface area contributed by atoms with E-state index in [9.17, 15) is 4.79 Å². The Labute approximate surface area is 215 Å². The summed E-state index contributed by atoms with van der Waals surface area (Å²) in [6, 6.07) is 6.06. The molecule has 1 fully saturated rings. The molecule has 1 heterocycles. The molecule has 2 rings (SSSR count). The molecule has 4 nitrogen and oxygen atoms in total. The normalized spacial score (nSPS) is 15.0. The molecule has 1 aromatic carbocycles. The lowest BCUT2D eigenvalue weighted by Gasteiger charge is -2.41. The highest BCUT2D eigenvalue weighted by atomic mass is 35.5. The third-order valence-corrected chi connectivity index (χ3v) is 7.35. The largest absolute Gasteiger partial charge is 1.00 e. The predicted molar refractivity (Wildman–Crippen MR) is 138 cm³/mol. The van der Waals surface area contributed by atoms with E-state index in [4.69, 9.17) is 9.47 Å². The van der Waals surface area contributed by atoms with Crippen LogP contribution < -0.4 is 17.1 Å². The van der Waals surface area contributed by atoms with Crippen molar-refractivity contribution in [1.29, 1.82) is 0 Å². The molecule has 0 spiro atoms. The Bertz CT molecular complexity index is 646. The monoisotopic (exact) mass is 495 g/mol. The highest BCUT2D eigenvalue weighted by molar-refractivity contribution is 5.79. The summed E-state index contributed by atoms with van der Waals surface area (Å²) in [6.45, 7) is 8.30. The molecule has 1 aliphatic heterocycles. The number of benzene rings is 1. The van der Waals surface area contributed by atoms with Gasteiger partial charge in [0.1, 0.15) is 25.4 Å². The van der Waals surface area contributed by atoms with Gasteiger partial charge in [-0.2, -0.15) is 0 Å². The van der Waals surface area contributed by atoms with Gasteiger partial charge in [-0.3, -0.25) is 4.79 Å². The molecule has 1 aliphatic rings. The van der Waals surface area contributed by atoms with Crippen LogP contribution in [-0.4, -0.2) is 50.7 Å². The molecule has 0 amide bonds. The lowest BCUT2D eigenvalue weighted by molar-refractivity contribution is -0.947. The van der Waals surface area contributed by atoms with Crippen LogP contribution in [0.4, 0.5) is 0 Å². The van der Waals surface area contributed by atoms with Crippen molar-refractivity contribution < 1.29 is 31.2 Å². The van der Waals surface area contributed by atoms with E-state index in [1.807, 2.05) is 12.1 Å². The number of quaternary nitrogens is 1. The lowest BCUT2D eigenvalue weighted by Crippen LogP contribution is -3.00. The topological polar surface area (TPSA) is 35.5 Å². The highest BCUT2D eigenvalue weighted by Crippen LogP contribution is 2.24. The second-order valence-corrected chi connectivity index (χ2v) is 10.1. The molecule has 5 heteroatoms. The first kappa shape index (κ1) is 30.9. The maximum absolute atomic E-state index is 11.4.